The van der Waals surface area contributed by atoms with Crippen LogP contribution >= 0.6 is 15.9 Å². The van der Waals surface area contributed by atoms with Crippen LogP contribution in [0.3, 0.4) is 0 Å². The largest absolute Gasteiger partial charge is 0.398 e. The van der Waals surface area contributed by atoms with Crippen LogP contribution in [0.15, 0.2) is 51.8 Å². The van der Waals surface area contributed by atoms with E-state index in [2.05, 4.69) is 20.7 Å². The van der Waals surface area contributed by atoms with E-state index in [0.717, 1.165) is 16.1 Å². The summed E-state index contributed by atoms with van der Waals surface area (Å²) in [6.45, 7) is 1.68. The van der Waals surface area contributed by atoms with Gasteiger partial charge in [0.2, 0.25) is 10.0 Å². The van der Waals surface area contributed by atoms with Crippen molar-refractivity contribution in [2.24, 2.45) is 0 Å². The van der Waals surface area contributed by atoms with Gasteiger partial charge in [-0.1, -0.05) is 34.1 Å². The molecule has 4 nitrogen and oxygen atoms in total. The number of hydrogen-bond acceptors (Lipinski definition) is 3. The summed E-state index contributed by atoms with van der Waals surface area (Å²) < 4.78 is 41.6. The first-order chi connectivity index (χ1) is 9.81. The number of anilines is 1. The second-order valence-corrected chi connectivity index (χ2v) is 7.12. The standard InChI is InChI=1S/C14H14BrFN2O2S/c1-9(10-5-7-11(15)8-6-10)18-21(19,20)14-12(16)3-2-4-13(14)17/h2-9,18H,17H2,1H3/t9-/m1/s1. The zero-order valence-electron chi connectivity index (χ0n) is 11.2. The lowest BCUT2D eigenvalue weighted by Crippen LogP contribution is -2.28. The minimum Gasteiger partial charge on any atom is -0.398 e. The lowest BCUT2D eigenvalue weighted by atomic mass is 10.1. The lowest BCUT2D eigenvalue weighted by molar-refractivity contribution is 0.548. The first kappa shape index (κ1) is 15.9. The fourth-order valence-corrected chi connectivity index (χ4v) is 3.61. The van der Waals surface area contributed by atoms with E-state index in [1.165, 1.54) is 12.1 Å². The van der Waals surface area contributed by atoms with Crippen LogP contribution in [0.1, 0.15) is 18.5 Å². The zero-order chi connectivity index (χ0) is 15.6. The molecule has 0 saturated carbocycles. The highest BCUT2D eigenvalue weighted by Gasteiger charge is 2.24. The van der Waals surface area contributed by atoms with Crippen LogP contribution < -0.4 is 10.5 Å². The van der Waals surface area contributed by atoms with Gasteiger partial charge in [-0.05, 0) is 36.8 Å². The molecule has 0 heterocycles. The van der Waals surface area contributed by atoms with Crippen molar-refractivity contribution in [1.29, 1.82) is 0 Å². The molecule has 0 spiro atoms. The maximum absolute atomic E-state index is 13.7. The molecule has 0 aliphatic carbocycles. The van der Waals surface area contributed by atoms with Crippen LogP contribution in [-0.4, -0.2) is 8.42 Å². The summed E-state index contributed by atoms with van der Waals surface area (Å²) in [6.07, 6.45) is 0. The van der Waals surface area contributed by atoms with E-state index in [9.17, 15) is 12.8 Å². The fourth-order valence-electron chi connectivity index (χ4n) is 1.92. The molecule has 3 N–H and O–H groups in total. The van der Waals surface area contributed by atoms with Crippen molar-refractivity contribution < 1.29 is 12.8 Å². The average molecular weight is 373 g/mol. The molecule has 0 aliphatic rings. The van der Waals surface area contributed by atoms with E-state index in [0.29, 0.717) is 0 Å². The Balaban J connectivity index is 2.31. The summed E-state index contributed by atoms with van der Waals surface area (Å²) in [6, 6.07) is 10.4. The van der Waals surface area contributed by atoms with Gasteiger partial charge in [-0.25, -0.2) is 17.5 Å². The zero-order valence-corrected chi connectivity index (χ0v) is 13.6. The number of hydrogen-bond donors (Lipinski definition) is 2. The van der Waals surface area contributed by atoms with Crippen molar-refractivity contribution in [3.63, 3.8) is 0 Å². The summed E-state index contributed by atoms with van der Waals surface area (Å²) in [5, 5.41) is 0. The molecule has 0 aromatic heterocycles. The van der Waals surface area contributed by atoms with Gasteiger partial charge >= 0.3 is 0 Å². The van der Waals surface area contributed by atoms with Crippen LogP contribution in [0, 0.1) is 5.82 Å². The van der Waals surface area contributed by atoms with E-state index >= 15 is 0 Å². The minimum absolute atomic E-state index is 0.120. The molecule has 2 aromatic carbocycles. The molecule has 0 fully saturated rings. The third-order valence-corrected chi connectivity index (χ3v) is 5.13. The van der Waals surface area contributed by atoms with Gasteiger partial charge in [0, 0.05) is 10.5 Å². The Kier molecular flexibility index (Phi) is 4.65. The highest BCUT2D eigenvalue weighted by molar-refractivity contribution is 9.10. The summed E-state index contributed by atoms with van der Waals surface area (Å²) >= 11 is 3.31. The van der Waals surface area contributed by atoms with E-state index in [1.807, 2.05) is 0 Å². The minimum atomic E-state index is -4.04. The van der Waals surface area contributed by atoms with Crippen molar-refractivity contribution in [3.8, 4) is 0 Å². The van der Waals surface area contributed by atoms with Crippen molar-refractivity contribution in [2.45, 2.75) is 17.9 Å². The maximum atomic E-state index is 13.7. The maximum Gasteiger partial charge on any atom is 0.246 e. The molecule has 112 valence electrons. The summed E-state index contributed by atoms with van der Waals surface area (Å²) in [5.74, 6) is -0.870. The first-order valence-electron chi connectivity index (χ1n) is 6.13. The van der Waals surface area contributed by atoms with Gasteiger partial charge in [-0.3, -0.25) is 0 Å². The smallest absolute Gasteiger partial charge is 0.246 e. The molecular formula is C14H14BrFN2O2S. The monoisotopic (exact) mass is 372 g/mol. The third-order valence-electron chi connectivity index (χ3n) is 2.97. The summed E-state index contributed by atoms with van der Waals surface area (Å²) in [7, 11) is -4.04. The lowest BCUT2D eigenvalue weighted by Gasteiger charge is -2.16. The molecule has 0 radical (unpaired) electrons. The van der Waals surface area contributed by atoms with E-state index < -0.39 is 26.8 Å². The Hall–Kier alpha value is -1.44. The van der Waals surface area contributed by atoms with Gasteiger partial charge in [-0.2, -0.15) is 0 Å². The predicted molar refractivity (Wildman–Crippen MR) is 83.7 cm³/mol. The molecular weight excluding hydrogens is 359 g/mol. The Bertz CT molecular complexity index is 728. The first-order valence-corrected chi connectivity index (χ1v) is 8.40. The Morgan fingerprint density at radius 3 is 2.38 bits per heavy atom. The van der Waals surface area contributed by atoms with Crippen molar-refractivity contribution in [1.82, 2.24) is 4.72 Å². The number of nitrogen functional groups attached to an aromatic ring is 1. The Morgan fingerprint density at radius 2 is 1.81 bits per heavy atom. The normalized spacial score (nSPS) is 13.1. The quantitative estimate of drug-likeness (QED) is 0.809. The molecule has 0 bridgehead atoms. The molecule has 1 atom stereocenters. The highest BCUT2D eigenvalue weighted by Crippen LogP contribution is 2.24. The van der Waals surface area contributed by atoms with Gasteiger partial charge < -0.3 is 5.73 Å². The van der Waals surface area contributed by atoms with Crippen molar-refractivity contribution in [3.05, 3.63) is 58.3 Å². The number of rotatable bonds is 4. The van der Waals surface area contributed by atoms with Gasteiger partial charge in [0.1, 0.15) is 10.7 Å². The second-order valence-electron chi connectivity index (χ2n) is 4.55. The van der Waals surface area contributed by atoms with Crippen LogP contribution in [0.5, 0.6) is 0 Å². The topological polar surface area (TPSA) is 72.2 Å². The van der Waals surface area contributed by atoms with Gasteiger partial charge in [0.25, 0.3) is 0 Å². The van der Waals surface area contributed by atoms with Crippen molar-refractivity contribution >= 4 is 31.6 Å². The SMILES string of the molecule is C[C@@H](NS(=O)(=O)c1c(N)cccc1F)c1ccc(Br)cc1. The highest BCUT2D eigenvalue weighted by atomic mass is 79.9. The van der Waals surface area contributed by atoms with Crippen molar-refractivity contribution in [2.75, 3.05) is 5.73 Å². The van der Waals surface area contributed by atoms with Crippen LogP contribution in [0.4, 0.5) is 10.1 Å². The molecule has 0 saturated heterocycles. The Labute approximate surface area is 131 Å². The van der Waals surface area contributed by atoms with E-state index in [1.54, 1.807) is 31.2 Å². The van der Waals surface area contributed by atoms with E-state index in [-0.39, 0.29) is 5.69 Å². The molecule has 2 rings (SSSR count). The van der Waals surface area contributed by atoms with E-state index in [4.69, 9.17) is 5.73 Å². The predicted octanol–water partition coefficient (Wildman–Crippen LogP) is 3.21. The van der Waals surface area contributed by atoms with Crippen LogP contribution in [0.25, 0.3) is 0 Å². The summed E-state index contributed by atoms with van der Waals surface area (Å²) in [5.41, 5.74) is 6.22. The molecule has 0 amide bonds. The van der Waals surface area contributed by atoms with Gasteiger partial charge in [0.05, 0.1) is 5.69 Å². The average Bonchev–Trinajstić information content (AvgIpc) is 2.38. The number of nitrogens with two attached hydrogens (primary N) is 1. The molecule has 2 aromatic rings. The summed E-state index contributed by atoms with van der Waals surface area (Å²) in [4.78, 5) is -0.519. The van der Waals surface area contributed by atoms with Gasteiger partial charge in [0.15, 0.2) is 0 Å². The van der Waals surface area contributed by atoms with Gasteiger partial charge in [-0.15, -0.1) is 0 Å². The molecule has 21 heavy (non-hydrogen) atoms. The molecule has 7 heteroatoms. The number of benzene rings is 2. The Morgan fingerprint density at radius 1 is 1.19 bits per heavy atom. The third kappa shape index (κ3) is 3.61. The fraction of sp³-hybridized carbons (Fsp3) is 0.143. The number of halogens is 2. The van der Waals surface area contributed by atoms with Crippen LogP contribution in [0.2, 0.25) is 0 Å². The van der Waals surface area contributed by atoms with Crippen LogP contribution in [-0.2, 0) is 10.0 Å². The molecule has 0 unspecified atom stereocenters. The number of sulfonamides is 1. The number of nitrogens with one attached hydrogen (secondary N) is 1. The molecule has 0 aliphatic heterocycles. The second kappa shape index (κ2) is 6.13.